The molecule has 7 atom stereocenters. The number of nitrogens with zero attached hydrogens (tertiary/aromatic N) is 2. The normalized spacial score (nSPS) is 28.0. The highest BCUT2D eigenvalue weighted by molar-refractivity contribution is 6.47. The smallest absolute Gasteiger partial charge is 0.404 e. The summed E-state index contributed by atoms with van der Waals surface area (Å²) in [5.74, 6) is -0.934. The van der Waals surface area contributed by atoms with Gasteiger partial charge < -0.3 is 36.3 Å². The number of para-hydroxylation sites is 1. The lowest BCUT2D eigenvalue weighted by atomic mass is 9.45. The van der Waals surface area contributed by atoms with E-state index < -0.39 is 65.4 Å². The van der Waals surface area contributed by atoms with E-state index >= 15 is 0 Å². The molecule has 2 bridgehead atoms. The van der Waals surface area contributed by atoms with E-state index in [9.17, 15) is 32.3 Å². The fourth-order valence-electron chi connectivity index (χ4n) is 9.00. The number of aromatic nitrogens is 2. The molecule has 3 saturated carbocycles. The highest BCUT2D eigenvalue weighted by Gasteiger charge is 2.67. The van der Waals surface area contributed by atoms with Crippen LogP contribution in [0.4, 0.5) is 29.3 Å². The maximum absolute atomic E-state index is 14.3. The Morgan fingerprint density at radius 2 is 1.82 bits per heavy atom. The first kappa shape index (κ1) is 38.4. The zero-order valence-electron chi connectivity index (χ0n) is 31.3. The maximum atomic E-state index is 14.3. The molecule has 0 radical (unpaired) electrons. The van der Waals surface area contributed by atoms with E-state index in [1.165, 1.54) is 35.0 Å². The number of hydrogen-bond acceptors (Lipinski definition) is 8. The van der Waals surface area contributed by atoms with Crippen LogP contribution in [0.3, 0.4) is 0 Å². The molecule has 13 nitrogen and oxygen atoms in total. The molecule has 0 spiro atoms. The lowest BCUT2D eigenvalue weighted by Gasteiger charge is -2.63. The van der Waals surface area contributed by atoms with Gasteiger partial charge in [-0.3, -0.25) is 19.0 Å². The summed E-state index contributed by atoms with van der Waals surface area (Å²) in [6, 6.07) is 8.96. The minimum absolute atomic E-state index is 0.0591. The van der Waals surface area contributed by atoms with Gasteiger partial charge in [0.15, 0.2) is 0 Å². The maximum Gasteiger partial charge on any atom is 0.481 e. The Morgan fingerprint density at radius 1 is 1.07 bits per heavy atom. The van der Waals surface area contributed by atoms with Gasteiger partial charge in [0.2, 0.25) is 5.91 Å². The number of rotatable bonds is 10. The van der Waals surface area contributed by atoms with Gasteiger partial charge in [-0.2, -0.15) is 13.2 Å². The highest BCUT2D eigenvalue weighted by Crippen LogP contribution is 2.64. The van der Waals surface area contributed by atoms with Gasteiger partial charge in [0, 0.05) is 13.0 Å². The second-order valence-corrected chi connectivity index (χ2v) is 16.2. The summed E-state index contributed by atoms with van der Waals surface area (Å²) < 4.78 is 54.4. The summed E-state index contributed by atoms with van der Waals surface area (Å²) in [6.45, 7) is 9.97. The van der Waals surface area contributed by atoms with Crippen molar-refractivity contribution in [1.82, 2.24) is 20.2 Å². The molecule has 2 aliphatic heterocycles. The van der Waals surface area contributed by atoms with Crippen LogP contribution in [-0.4, -0.2) is 52.2 Å². The van der Waals surface area contributed by atoms with E-state index in [2.05, 4.69) is 47.0 Å². The quantitative estimate of drug-likeness (QED) is 0.177. The predicted octanol–water partition coefficient (Wildman–Crippen LogP) is 5.12. The van der Waals surface area contributed by atoms with Gasteiger partial charge in [0.25, 0.3) is 11.5 Å². The van der Waals surface area contributed by atoms with Crippen LogP contribution >= 0.6 is 0 Å². The van der Waals surface area contributed by atoms with E-state index in [1.807, 2.05) is 6.92 Å². The zero-order valence-corrected chi connectivity index (χ0v) is 31.3. The van der Waals surface area contributed by atoms with E-state index in [0.717, 1.165) is 25.0 Å². The van der Waals surface area contributed by atoms with Crippen LogP contribution in [0, 0.1) is 17.3 Å². The average molecular weight is 764 g/mol. The molecular formula is C38H45BF3N7O6. The Bertz CT molecular complexity index is 2100. The molecule has 1 saturated heterocycles. The molecule has 4 fully saturated rings. The first-order valence-corrected chi connectivity index (χ1v) is 18.5. The molecule has 3 heterocycles. The second-order valence-electron chi connectivity index (χ2n) is 16.2. The first-order chi connectivity index (χ1) is 25.8. The van der Waals surface area contributed by atoms with Crippen LogP contribution < -0.4 is 32.6 Å². The number of amides is 4. The van der Waals surface area contributed by atoms with Crippen molar-refractivity contribution in [2.45, 2.75) is 102 Å². The monoisotopic (exact) mass is 763 g/mol. The molecule has 3 aliphatic carbocycles. The number of fused-ring (bicyclic) bond motifs is 1. The standard InChI is InChI=1S/C38H45BF3N7O6/c1-6-28(39-54-29-24-15-22(35(24,2)3)16-37(29,5)55-39)47-31(51)27-17-36(4,48-34(53)46-25-13-8-7-12-23(25)30(43)50)33-45-19-26(32(52)49(27)33)44-18-20-10-9-11-21(14-20)38(40,41)42/h7-14,19,22,24,27-29,44H,6,15-18H2,1-5H3,(H2,43,50)(H,47,51)(H2,46,48,53)/t22?,24?,27-,28-,29+,36+,37-/m0/s1. The van der Waals surface area contributed by atoms with Crippen molar-refractivity contribution in [1.29, 1.82) is 0 Å². The topological polar surface area (TPSA) is 179 Å². The van der Waals surface area contributed by atoms with Crippen molar-refractivity contribution < 1.29 is 36.9 Å². The Kier molecular flexibility index (Phi) is 9.55. The third-order valence-electron chi connectivity index (χ3n) is 12.2. The minimum atomic E-state index is -4.55. The van der Waals surface area contributed by atoms with Crippen molar-refractivity contribution >= 4 is 36.3 Å². The Morgan fingerprint density at radius 3 is 2.51 bits per heavy atom. The minimum Gasteiger partial charge on any atom is -0.404 e. The molecule has 2 unspecified atom stereocenters. The number of hydrogen-bond donors (Lipinski definition) is 5. The van der Waals surface area contributed by atoms with Crippen LogP contribution in [0.1, 0.15) is 93.7 Å². The Balaban J connectivity index is 1.16. The number of anilines is 2. The number of halogens is 3. The van der Waals surface area contributed by atoms with Gasteiger partial charge in [0.05, 0.1) is 46.2 Å². The predicted molar refractivity (Wildman–Crippen MR) is 198 cm³/mol. The molecule has 4 amide bonds. The Labute approximate surface area is 316 Å². The highest BCUT2D eigenvalue weighted by atomic mass is 19.4. The summed E-state index contributed by atoms with van der Waals surface area (Å²) in [6.07, 6.45) is -1.16. The lowest BCUT2D eigenvalue weighted by Crippen LogP contribution is -2.63. The number of nitrogens with one attached hydrogen (secondary N) is 4. The van der Waals surface area contributed by atoms with Gasteiger partial charge >= 0.3 is 19.3 Å². The molecular weight excluding hydrogens is 718 g/mol. The number of nitrogens with two attached hydrogens (primary N) is 1. The van der Waals surface area contributed by atoms with Crippen molar-refractivity contribution in [3.05, 3.63) is 87.6 Å². The second kappa shape index (κ2) is 13.7. The number of alkyl halides is 3. The van der Waals surface area contributed by atoms with Crippen LogP contribution in [0.2, 0.25) is 0 Å². The first-order valence-electron chi connectivity index (χ1n) is 18.5. The lowest BCUT2D eigenvalue weighted by molar-refractivity contribution is -0.185. The third kappa shape index (κ3) is 6.85. The fourth-order valence-corrected chi connectivity index (χ4v) is 9.00. The zero-order chi connectivity index (χ0) is 39.7. The van der Waals surface area contributed by atoms with Crippen LogP contribution in [0.15, 0.2) is 59.5 Å². The molecule has 2 aromatic carbocycles. The van der Waals surface area contributed by atoms with Gasteiger partial charge in [-0.15, -0.1) is 0 Å². The number of urea groups is 1. The van der Waals surface area contributed by atoms with Gasteiger partial charge in [-0.05, 0) is 80.2 Å². The largest absolute Gasteiger partial charge is 0.481 e. The van der Waals surface area contributed by atoms with Crippen molar-refractivity contribution in [2.75, 3.05) is 10.6 Å². The molecule has 5 aliphatic rings. The number of carbonyl (C=O) groups excluding carboxylic acids is 3. The molecule has 1 aromatic heterocycles. The Hall–Kier alpha value is -4.90. The number of primary amides is 1. The average Bonchev–Trinajstić information content (AvgIpc) is 3.64. The SMILES string of the molecule is CC[C@H](NC(=O)[C@@H]1C[C@@](C)(NC(=O)Nc2ccccc2C(N)=O)c2ncc(NCc3cccc(C(F)(F)F)c3)c(=O)n21)B1O[C@@H]2C3CC(C[C@]2(C)O1)C3(C)C. The van der Waals surface area contributed by atoms with E-state index in [-0.39, 0.29) is 52.8 Å². The van der Waals surface area contributed by atoms with Crippen molar-refractivity contribution in [3.8, 4) is 0 Å². The molecule has 55 heavy (non-hydrogen) atoms. The summed E-state index contributed by atoms with van der Waals surface area (Å²) in [7, 11) is -0.726. The van der Waals surface area contributed by atoms with Crippen LogP contribution in [-0.2, 0) is 32.4 Å². The van der Waals surface area contributed by atoms with Crippen molar-refractivity contribution in [2.24, 2.45) is 23.0 Å². The molecule has 17 heteroatoms. The molecule has 8 rings (SSSR count). The molecule has 3 aromatic rings. The van der Waals surface area contributed by atoms with E-state index in [1.54, 1.807) is 19.1 Å². The summed E-state index contributed by atoms with van der Waals surface area (Å²) in [5.41, 5.74) is 2.70. The van der Waals surface area contributed by atoms with E-state index in [4.69, 9.17) is 15.0 Å². The van der Waals surface area contributed by atoms with Crippen molar-refractivity contribution in [3.63, 3.8) is 0 Å². The van der Waals surface area contributed by atoms with Gasteiger partial charge in [-0.1, -0.05) is 45.0 Å². The van der Waals surface area contributed by atoms with Crippen LogP contribution in [0.5, 0.6) is 0 Å². The third-order valence-corrected chi connectivity index (χ3v) is 12.2. The van der Waals surface area contributed by atoms with Gasteiger partial charge in [0.1, 0.15) is 17.6 Å². The number of benzene rings is 2. The van der Waals surface area contributed by atoms with Crippen LogP contribution in [0.25, 0.3) is 0 Å². The fraction of sp³-hybridized carbons (Fsp3) is 0.500. The summed E-state index contributed by atoms with van der Waals surface area (Å²) >= 11 is 0. The summed E-state index contributed by atoms with van der Waals surface area (Å²) in [4.78, 5) is 58.5. The van der Waals surface area contributed by atoms with E-state index in [0.29, 0.717) is 18.3 Å². The molecule has 292 valence electrons. The summed E-state index contributed by atoms with van der Waals surface area (Å²) in [5, 5.41) is 11.4. The molecule has 6 N–H and O–H groups in total. The number of carbonyl (C=O) groups is 3. The van der Waals surface area contributed by atoms with Gasteiger partial charge in [-0.25, -0.2) is 9.78 Å².